The zero-order valence-electron chi connectivity index (χ0n) is 31.4. The quantitative estimate of drug-likeness (QED) is 0.199. The molecule has 14 nitrogen and oxygen atoms in total. The Kier molecular flexibility index (Phi) is 13.4. The first-order valence-electron chi connectivity index (χ1n) is 19.0. The number of halogens is 1. The highest BCUT2D eigenvalue weighted by Gasteiger charge is 2.47. The number of nitrogens with zero attached hydrogens (tertiary/aromatic N) is 3. The van der Waals surface area contributed by atoms with Crippen LogP contribution in [0.4, 0.5) is 4.39 Å². The van der Waals surface area contributed by atoms with E-state index in [1.54, 1.807) is 26.8 Å². The van der Waals surface area contributed by atoms with Crippen molar-refractivity contribution in [1.29, 1.82) is 0 Å². The normalized spacial score (nSPS) is 20.6. The Morgan fingerprint density at radius 1 is 0.963 bits per heavy atom. The highest BCUT2D eigenvalue weighted by atomic mass is 19.1. The van der Waals surface area contributed by atoms with Gasteiger partial charge in [0.25, 0.3) is 11.8 Å². The first-order chi connectivity index (χ1) is 25.8. The Balaban J connectivity index is 1.40. The molecule has 2 saturated carbocycles. The molecular weight excluding hydrogens is 697 g/mol. The number of amides is 5. The van der Waals surface area contributed by atoms with Crippen molar-refractivity contribution in [3.8, 4) is 5.75 Å². The highest BCUT2D eigenvalue weighted by molar-refractivity contribution is 6.38. The van der Waals surface area contributed by atoms with Crippen LogP contribution in [0.3, 0.4) is 0 Å². The maximum Gasteiger partial charge on any atom is 0.289 e. The van der Waals surface area contributed by atoms with Crippen LogP contribution in [0, 0.1) is 17.2 Å². The molecule has 5 rings (SSSR count). The van der Waals surface area contributed by atoms with Gasteiger partial charge in [-0.25, -0.2) is 9.37 Å². The number of carbonyl (C=O) groups is 6. The van der Waals surface area contributed by atoms with Crippen LogP contribution in [-0.2, 0) is 24.0 Å². The van der Waals surface area contributed by atoms with E-state index in [4.69, 9.17) is 4.74 Å². The third kappa shape index (κ3) is 10.4. The Morgan fingerprint density at radius 3 is 2.31 bits per heavy atom. The molecule has 3 fully saturated rings. The molecule has 1 aromatic heterocycles. The molecule has 292 valence electrons. The Hall–Kier alpha value is -4.95. The van der Waals surface area contributed by atoms with Crippen molar-refractivity contribution in [2.24, 2.45) is 11.3 Å². The van der Waals surface area contributed by atoms with E-state index < -0.39 is 76.8 Å². The molecule has 4 N–H and O–H groups in total. The van der Waals surface area contributed by atoms with Gasteiger partial charge in [-0.1, -0.05) is 65.5 Å². The predicted molar refractivity (Wildman–Crippen MR) is 195 cm³/mol. The standard InChI is InChI=1S/C39H52FN7O7/c1-5-11-27(32(48)37(52)43-24-16-17-24)44-35(50)29-20-25(54-30-15-10-9-14-26(30)40)22-47(29)38(53)33(39(2,3)4)46-36(51)31(23-12-7-6-8-13-23)45-34(49)28-21-41-18-19-42-28/h9-10,14-15,18-19,21,23-25,27,29,31,33H,5-8,11-13,16-17,20,22H2,1-4H3,(H,43,52)(H,44,50)(H,45,49)(H,46,51)/t25-,27+,29?,31+,33-/m1/s1. The van der Waals surface area contributed by atoms with Gasteiger partial charge in [0.2, 0.25) is 23.5 Å². The third-order valence-corrected chi connectivity index (χ3v) is 10.2. The van der Waals surface area contributed by atoms with Crippen LogP contribution in [0.2, 0.25) is 0 Å². The van der Waals surface area contributed by atoms with Gasteiger partial charge in [0.1, 0.15) is 29.9 Å². The molecule has 0 bridgehead atoms. The first-order valence-corrected chi connectivity index (χ1v) is 19.0. The largest absolute Gasteiger partial charge is 0.485 e. The summed E-state index contributed by atoms with van der Waals surface area (Å²) in [5, 5.41) is 11.1. The number of rotatable bonds is 15. The molecule has 2 aliphatic carbocycles. The molecule has 1 saturated heterocycles. The summed E-state index contributed by atoms with van der Waals surface area (Å²) in [7, 11) is 0. The molecule has 2 heterocycles. The lowest BCUT2D eigenvalue weighted by Gasteiger charge is -2.37. The summed E-state index contributed by atoms with van der Waals surface area (Å²) >= 11 is 0. The number of benzene rings is 1. The predicted octanol–water partition coefficient (Wildman–Crippen LogP) is 3.01. The van der Waals surface area contributed by atoms with E-state index in [0.717, 1.165) is 32.1 Å². The summed E-state index contributed by atoms with van der Waals surface area (Å²) in [5.41, 5.74) is -0.836. The van der Waals surface area contributed by atoms with Crippen molar-refractivity contribution in [3.05, 3.63) is 54.4 Å². The molecule has 54 heavy (non-hydrogen) atoms. The van der Waals surface area contributed by atoms with Crippen LogP contribution in [0.1, 0.15) is 102 Å². The summed E-state index contributed by atoms with van der Waals surface area (Å²) in [6.45, 7) is 7.02. The fourth-order valence-corrected chi connectivity index (χ4v) is 7.11. The van der Waals surface area contributed by atoms with E-state index in [1.807, 2.05) is 6.92 Å². The molecule has 2 aromatic rings. The Labute approximate surface area is 315 Å². The summed E-state index contributed by atoms with van der Waals surface area (Å²) in [5.74, 6) is -4.80. The fourth-order valence-electron chi connectivity index (χ4n) is 7.11. The van der Waals surface area contributed by atoms with E-state index >= 15 is 0 Å². The minimum absolute atomic E-state index is 0.0448. The summed E-state index contributed by atoms with van der Waals surface area (Å²) in [4.78, 5) is 91.4. The van der Waals surface area contributed by atoms with Gasteiger partial charge in [0, 0.05) is 24.9 Å². The number of ether oxygens (including phenoxy) is 1. The van der Waals surface area contributed by atoms with Crippen molar-refractivity contribution < 1.29 is 37.9 Å². The lowest BCUT2D eigenvalue weighted by atomic mass is 9.82. The van der Waals surface area contributed by atoms with Crippen LogP contribution < -0.4 is 26.0 Å². The highest BCUT2D eigenvalue weighted by Crippen LogP contribution is 2.31. The molecule has 5 atom stereocenters. The zero-order chi connectivity index (χ0) is 39.0. The maximum atomic E-state index is 14.7. The van der Waals surface area contributed by atoms with Gasteiger partial charge in [-0.2, -0.15) is 0 Å². The second kappa shape index (κ2) is 17.9. The Bertz CT molecular complexity index is 1680. The molecule has 0 spiro atoms. The third-order valence-electron chi connectivity index (χ3n) is 10.2. The summed E-state index contributed by atoms with van der Waals surface area (Å²) in [6.07, 6.45) is 9.70. The molecule has 1 aromatic carbocycles. The molecule has 15 heteroatoms. The van der Waals surface area contributed by atoms with E-state index in [1.165, 1.54) is 41.7 Å². The number of hydrogen-bond acceptors (Lipinski definition) is 9. The molecule has 0 radical (unpaired) electrons. The average Bonchev–Trinajstić information content (AvgIpc) is 3.87. The molecule has 5 amide bonds. The second-order valence-electron chi connectivity index (χ2n) is 15.6. The van der Waals surface area contributed by atoms with Crippen molar-refractivity contribution >= 4 is 35.3 Å². The second-order valence-corrected chi connectivity index (χ2v) is 15.6. The molecule has 1 unspecified atom stereocenters. The minimum atomic E-state index is -1.18. The zero-order valence-corrected chi connectivity index (χ0v) is 31.4. The van der Waals surface area contributed by atoms with E-state index in [0.29, 0.717) is 19.3 Å². The maximum absolute atomic E-state index is 14.7. The van der Waals surface area contributed by atoms with E-state index in [9.17, 15) is 33.2 Å². The summed E-state index contributed by atoms with van der Waals surface area (Å²) < 4.78 is 20.7. The van der Waals surface area contributed by atoms with Crippen molar-refractivity contribution in [2.75, 3.05) is 6.54 Å². The number of likely N-dealkylation sites (tertiary alicyclic amines) is 1. The molecule has 3 aliphatic rings. The van der Waals surface area contributed by atoms with E-state index in [-0.39, 0.29) is 42.8 Å². The van der Waals surface area contributed by atoms with Crippen LogP contribution in [0.5, 0.6) is 5.75 Å². The fraction of sp³-hybridized carbons (Fsp3) is 0.590. The number of aromatic nitrogens is 2. The number of nitrogens with one attached hydrogen (secondary N) is 4. The van der Waals surface area contributed by atoms with E-state index in [2.05, 4.69) is 31.2 Å². The smallest absolute Gasteiger partial charge is 0.289 e. The summed E-state index contributed by atoms with van der Waals surface area (Å²) in [6, 6.07) is 1.29. The van der Waals surface area contributed by atoms with Crippen molar-refractivity contribution in [1.82, 2.24) is 36.1 Å². The lowest BCUT2D eigenvalue weighted by molar-refractivity contribution is -0.145. The van der Waals surface area contributed by atoms with Crippen LogP contribution in [0.15, 0.2) is 42.9 Å². The van der Waals surface area contributed by atoms with Crippen LogP contribution >= 0.6 is 0 Å². The number of hydrogen-bond donors (Lipinski definition) is 4. The Morgan fingerprint density at radius 2 is 1.69 bits per heavy atom. The van der Waals surface area contributed by atoms with Gasteiger partial charge >= 0.3 is 0 Å². The van der Waals surface area contributed by atoms with Gasteiger partial charge in [-0.15, -0.1) is 0 Å². The van der Waals surface area contributed by atoms with Gasteiger partial charge in [0.05, 0.1) is 18.8 Å². The van der Waals surface area contributed by atoms with Gasteiger partial charge in [-0.05, 0) is 55.6 Å². The monoisotopic (exact) mass is 749 g/mol. The van der Waals surface area contributed by atoms with Gasteiger partial charge in [0.15, 0.2) is 11.6 Å². The first kappa shape index (κ1) is 40.2. The molecule has 1 aliphatic heterocycles. The van der Waals surface area contributed by atoms with Crippen molar-refractivity contribution in [3.63, 3.8) is 0 Å². The number of carbonyl (C=O) groups excluding carboxylic acids is 6. The van der Waals surface area contributed by atoms with Gasteiger partial charge in [-0.3, -0.25) is 33.8 Å². The van der Waals surface area contributed by atoms with Gasteiger partial charge < -0.3 is 30.9 Å². The average molecular weight is 750 g/mol. The molecular formula is C39H52FN7O7. The SMILES string of the molecule is CCC[C@H](NC(=O)C1C[C@@H](Oc2ccccc2F)CN1C(=O)[C@@H](NC(=O)[C@@H](NC(=O)c1cnccn1)C1CCCCC1)C(C)(C)C)C(=O)C(=O)NC1CC1. The lowest BCUT2D eigenvalue weighted by Crippen LogP contribution is -2.62. The number of ketones is 1. The number of para-hydroxylation sites is 1. The minimum Gasteiger partial charge on any atom is -0.485 e. The topological polar surface area (TPSA) is 189 Å². The number of Topliss-reactive ketones (excluding diaryl/α,β-unsaturated/α-hetero) is 1. The van der Waals surface area contributed by atoms with Crippen LogP contribution in [-0.4, -0.2) is 93.0 Å². The van der Waals surface area contributed by atoms with Crippen molar-refractivity contribution in [2.45, 2.75) is 128 Å². The van der Waals surface area contributed by atoms with Crippen LogP contribution in [0.25, 0.3) is 0 Å².